The Morgan fingerprint density at radius 2 is 2.47 bits per heavy atom. The molecule has 0 spiro atoms. The third-order valence-electron chi connectivity index (χ3n) is 2.38. The van der Waals surface area contributed by atoms with Crippen LogP contribution in [0, 0.1) is 17.0 Å². The summed E-state index contributed by atoms with van der Waals surface area (Å²) < 4.78 is 0. The lowest BCUT2D eigenvalue weighted by molar-refractivity contribution is -0.403. The Labute approximate surface area is 121 Å². The number of nitrogens with one attached hydrogen (secondary N) is 2. The molecule has 0 radical (unpaired) electrons. The van der Waals surface area contributed by atoms with Crippen molar-refractivity contribution in [1.29, 1.82) is 0 Å². The van der Waals surface area contributed by atoms with E-state index in [0.29, 0.717) is 5.03 Å². The molecule has 19 heavy (non-hydrogen) atoms. The number of nitro groups is 1. The second-order valence-electron chi connectivity index (χ2n) is 3.79. The third-order valence-corrected chi connectivity index (χ3v) is 4.12. The van der Waals surface area contributed by atoms with Gasteiger partial charge in [0, 0.05) is 18.0 Å². The first-order valence-corrected chi connectivity index (χ1v) is 8.21. The highest BCUT2D eigenvalue weighted by Crippen LogP contribution is 2.13. The minimum Gasteiger partial charge on any atom is -0.375 e. The Morgan fingerprint density at radius 1 is 1.68 bits per heavy atom. The highest BCUT2D eigenvalue weighted by atomic mass is 32.2. The van der Waals surface area contributed by atoms with Crippen LogP contribution in [0.25, 0.3) is 0 Å². The van der Waals surface area contributed by atoms with E-state index in [1.165, 1.54) is 11.8 Å². The fourth-order valence-corrected chi connectivity index (χ4v) is 2.77. The van der Waals surface area contributed by atoms with Crippen molar-refractivity contribution >= 4 is 23.5 Å². The molecule has 0 aliphatic rings. The Bertz CT molecular complexity index is 434. The maximum Gasteiger partial charge on any atom is 0.263 e. The van der Waals surface area contributed by atoms with Crippen molar-refractivity contribution in [3.8, 4) is 0 Å². The number of aromatic nitrogens is 2. The monoisotopic (exact) mass is 302 g/mol. The van der Waals surface area contributed by atoms with Gasteiger partial charge in [-0.05, 0) is 25.4 Å². The summed E-state index contributed by atoms with van der Waals surface area (Å²) in [6.07, 6.45) is 5.49. The first-order valence-electron chi connectivity index (χ1n) is 5.83. The van der Waals surface area contributed by atoms with E-state index in [2.05, 4.69) is 15.3 Å². The van der Waals surface area contributed by atoms with Crippen molar-refractivity contribution in [3.63, 3.8) is 0 Å². The molecule has 6 nitrogen and oxygen atoms in total. The zero-order chi connectivity index (χ0) is 14.1. The minimum absolute atomic E-state index is 0.437. The molecule has 0 aliphatic heterocycles. The maximum atomic E-state index is 10.3. The lowest BCUT2D eigenvalue weighted by Gasteiger charge is -2.05. The molecule has 0 saturated carbocycles. The molecule has 1 rings (SSSR count). The Morgan fingerprint density at radius 3 is 3.05 bits per heavy atom. The van der Waals surface area contributed by atoms with E-state index < -0.39 is 4.92 Å². The molecule has 0 unspecified atom stereocenters. The molecule has 1 aromatic rings. The van der Waals surface area contributed by atoms with E-state index in [1.807, 2.05) is 24.9 Å². The summed E-state index contributed by atoms with van der Waals surface area (Å²) in [6, 6.07) is 0. The number of aryl methyl sites for hydroxylation is 1. The Kier molecular flexibility index (Phi) is 7.42. The smallest absolute Gasteiger partial charge is 0.263 e. The van der Waals surface area contributed by atoms with Gasteiger partial charge >= 0.3 is 0 Å². The van der Waals surface area contributed by atoms with Crippen molar-refractivity contribution in [1.82, 2.24) is 15.3 Å². The van der Waals surface area contributed by atoms with Crippen LogP contribution in [0.4, 0.5) is 0 Å². The van der Waals surface area contributed by atoms with E-state index in [4.69, 9.17) is 0 Å². The lowest BCUT2D eigenvalue weighted by atomic mass is 10.4. The van der Waals surface area contributed by atoms with Crippen LogP contribution in [0.2, 0.25) is 0 Å². The second-order valence-corrected chi connectivity index (χ2v) is 5.74. The predicted molar refractivity (Wildman–Crippen MR) is 80.7 cm³/mol. The number of hydrogen-bond donors (Lipinski definition) is 2. The fourth-order valence-electron chi connectivity index (χ4n) is 1.35. The zero-order valence-electron chi connectivity index (χ0n) is 11.0. The molecule has 106 valence electrons. The molecule has 2 N–H and O–H groups in total. The summed E-state index contributed by atoms with van der Waals surface area (Å²) in [5.74, 6) is 1.90. The van der Waals surface area contributed by atoms with Crippen LogP contribution in [0.1, 0.15) is 17.8 Å². The van der Waals surface area contributed by atoms with Gasteiger partial charge in [-0.3, -0.25) is 10.1 Å². The van der Waals surface area contributed by atoms with E-state index in [1.54, 1.807) is 6.33 Å². The van der Waals surface area contributed by atoms with Crippen LogP contribution >= 0.6 is 23.5 Å². The number of nitrogens with zero attached hydrogens (tertiary/aromatic N) is 2. The van der Waals surface area contributed by atoms with Gasteiger partial charge in [0.15, 0.2) is 0 Å². The van der Waals surface area contributed by atoms with Crippen molar-refractivity contribution in [2.45, 2.75) is 19.1 Å². The first kappa shape index (κ1) is 15.9. The van der Waals surface area contributed by atoms with Crippen LogP contribution in [0.15, 0.2) is 17.6 Å². The highest BCUT2D eigenvalue weighted by Gasteiger charge is 2.02. The lowest BCUT2D eigenvalue weighted by Crippen LogP contribution is -2.14. The van der Waals surface area contributed by atoms with Gasteiger partial charge in [-0.15, -0.1) is 11.8 Å². The average molecular weight is 302 g/mol. The molecule has 1 aromatic heterocycles. The predicted octanol–water partition coefficient (Wildman–Crippen LogP) is 2.37. The average Bonchev–Trinajstić information content (AvgIpc) is 2.77. The van der Waals surface area contributed by atoms with Crippen LogP contribution < -0.4 is 5.32 Å². The summed E-state index contributed by atoms with van der Waals surface area (Å²) in [5.41, 5.74) is 2.21. The van der Waals surface area contributed by atoms with Crippen LogP contribution in [0.5, 0.6) is 0 Å². The standard InChI is InChI=1S/C11H18N4O2S2/c1-9-10(14-8-13-9)7-19-5-3-4-12-11(18-2)6-15(16)17/h6,8,12H,3-5,7H2,1-2H3,(H,13,14)/b11-6+. The van der Waals surface area contributed by atoms with Gasteiger partial charge in [-0.1, -0.05) is 0 Å². The SMILES string of the molecule is CS/C(=C/[N+](=O)[O-])NCCCSCc1nc[nH]c1C. The molecule has 1 heterocycles. The van der Waals surface area contributed by atoms with Crippen LogP contribution in [0.3, 0.4) is 0 Å². The normalized spacial score (nSPS) is 11.6. The third kappa shape index (κ3) is 6.53. The largest absolute Gasteiger partial charge is 0.375 e. The van der Waals surface area contributed by atoms with Gasteiger partial charge < -0.3 is 10.3 Å². The molecule has 8 heteroatoms. The number of aromatic amines is 1. The van der Waals surface area contributed by atoms with Crippen LogP contribution in [-0.4, -0.2) is 33.4 Å². The van der Waals surface area contributed by atoms with Crippen LogP contribution in [-0.2, 0) is 5.75 Å². The summed E-state index contributed by atoms with van der Waals surface area (Å²) in [7, 11) is 0. The van der Waals surface area contributed by atoms with E-state index in [-0.39, 0.29) is 0 Å². The number of thioether (sulfide) groups is 2. The van der Waals surface area contributed by atoms with Crippen molar-refractivity contribution in [2.24, 2.45) is 0 Å². The van der Waals surface area contributed by atoms with Gasteiger partial charge in [0.2, 0.25) is 0 Å². The Balaban J connectivity index is 2.11. The molecule has 0 aliphatic carbocycles. The minimum atomic E-state index is -0.437. The molecule has 0 saturated heterocycles. The highest BCUT2D eigenvalue weighted by molar-refractivity contribution is 8.02. The number of imidazole rings is 1. The quantitative estimate of drug-likeness (QED) is 0.414. The first-order chi connectivity index (χ1) is 9.13. The molecule has 0 atom stereocenters. The molecule has 0 aromatic carbocycles. The van der Waals surface area contributed by atoms with E-state index >= 15 is 0 Å². The topological polar surface area (TPSA) is 83.8 Å². The van der Waals surface area contributed by atoms with E-state index in [0.717, 1.165) is 42.1 Å². The van der Waals surface area contributed by atoms with E-state index in [9.17, 15) is 10.1 Å². The molecular weight excluding hydrogens is 284 g/mol. The fraction of sp³-hybridized carbons (Fsp3) is 0.545. The summed E-state index contributed by atoms with van der Waals surface area (Å²) in [5, 5.41) is 14.0. The van der Waals surface area contributed by atoms with Crippen molar-refractivity contribution < 1.29 is 4.92 Å². The number of rotatable bonds is 9. The zero-order valence-corrected chi connectivity index (χ0v) is 12.6. The summed E-state index contributed by atoms with van der Waals surface area (Å²) >= 11 is 3.17. The molecule has 0 bridgehead atoms. The number of hydrogen-bond acceptors (Lipinski definition) is 6. The Hall–Kier alpha value is -1.15. The maximum absolute atomic E-state index is 10.3. The second kappa shape index (κ2) is 8.87. The molecule has 0 amide bonds. The van der Waals surface area contributed by atoms with Crippen molar-refractivity contribution in [2.75, 3.05) is 18.6 Å². The van der Waals surface area contributed by atoms with Gasteiger partial charge in [-0.25, -0.2) is 4.98 Å². The van der Waals surface area contributed by atoms with Gasteiger partial charge in [0.1, 0.15) is 5.03 Å². The summed E-state index contributed by atoms with van der Waals surface area (Å²) in [4.78, 5) is 17.2. The summed E-state index contributed by atoms with van der Waals surface area (Å²) in [6.45, 7) is 2.75. The molecule has 0 fully saturated rings. The van der Waals surface area contributed by atoms with Gasteiger partial charge in [0.05, 0.1) is 16.9 Å². The number of H-pyrrole nitrogens is 1. The van der Waals surface area contributed by atoms with Gasteiger partial charge in [-0.2, -0.15) is 11.8 Å². The van der Waals surface area contributed by atoms with Gasteiger partial charge in [0.25, 0.3) is 6.20 Å². The molecular formula is C11H18N4O2S2. The van der Waals surface area contributed by atoms with Crippen molar-refractivity contribution in [3.05, 3.63) is 39.1 Å².